The molecular formula is C13H27N3OS. The van der Waals surface area contributed by atoms with Crippen LogP contribution in [0.25, 0.3) is 0 Å². The van der Waals surface area contributed by atoms with Crippen molar-refractivity contribution in [3.8, 4) is 0 Å². The Labute approximate surface area is 115 Å². The number of thioether (sulfide) groups is 1. The van der Waals surface area contributed by atoms with Crippen LogP contribution >= 0.6 is 11.8 Å². The topological polar surface area (TPSA) is 58.4 Å². The fraction of sp³-hybridized carbons (Fsp3) is 0.923. The molecule has 1 aliphatic heterocycles. The minimum absolute atomic E-state index is 0.0157. The van der Waals surface area contributed by atoms with Crippen LogP contribution in [0.4, 0.5) is 0 Å². The lowest BCUT2D eigenvalue weighted by Gasteiger charge is -2.31. The number of rotatable bonds is 7. The molecule has 5 heteroatoms. The molecule has 0 bridgehead atoms. The van der Waals surface area contributed by atoms with Crippen LogP contribution in [0.5, 0.6) is 0 Å². The zero-order valence-corrected chi connectivity index (χ0v) is 12.5. The molecule has 1 rings (SSSR count). The maximum Gasteiger partial charge on any atom is 0.236 e. The lowest BCUT2D eigenvalue weighted by molar-refractivity contribution is -0.122. The van der Waals surface area contributed by atoms with E-state index in [1.807, 2.05) is 6.26 Å². The summed E-state index contributed by atoms with van der Waals surface area (Å²) in [5, 5.41) is 3.00. The standard InChI is InChI=1S/C13H27N3OS/c1-3-16-7-4-11(5-8-16)10-15-13(17)12(14)6-9-18-2/h11-12H,3-10,14H2,1-2H3,(H,15,17)/t12-/m0/s1. The highest BCUT2D eigenvalue weighted by atomic mass is 32.2. The Hall–Kier alpha value is -0.260. The Bertz CT molecular complexity index is 242. The van der Waals surface area contributed by atoms with Gasteiger partial charge in [-0.1, -0.05) is 6.92 Å². The molecule has 0 aromatic carbocycles. The van der Waals surface area contributed by atoms with E-state index in [2.05, 4.69) is 17.1 Å². The van der Waals surface area contributed by atoms with Gasteiger partial charge in [-0.3, -0.25) is 4.79 Å². The highest BCUT2D eigenvalue weighted by molar-refractivity contribution is 7.98. The minimum Gasteiger partial charge on any atom is -0.354 e. The van der Waals surface area contributed by atoms with Crippen LogP contribution in [-0.4, -0.2) is 55.0 Å². The van der Waals surface area contributed by atoms with Gasteiger partial charge < -0.3 is 16.0 Å². The lowest BCUT2D eigenvalue weighted by Crippen LogP contribution is -2.44. The molecule has 1 heterocycles. The van der Waals surface area contributed by atoms with Crippen molar-refractivity contribution in [3.63, 3.8) is 0 Å². The number of piperidine rings is 1. The second-order valence-corrected chi connectivity index (χ2v) is 6.00. The van der Waals surface area contributed by atoms with Gasteiger partial charge in [0, 0.05) is 6.54 Å². The monoisotopic (exact) mass is 273 g/mol. The number of carbonyl (C=O) groups excluding carboxylic acids is 1. The van der Waals surface area contributed by atoms with Crippen LogP contribution in [0.1, 0.15) is 26.2 Å². The van der Waals surface area contributed by atoms with Crippen molar-refractivity contribution in [2.45, 2.75) is 32.2 Å². The number of carbonyl (C=O) groups is 1. The van der Waals surface area contributed by atoms with E-state index in [-0.39, 0.29) is 11.9 Å². The van der Waals surface area contributed by atoms with E-state index >= 15 is 0 Å². The zero-order valence-electron chi connectivity index (χ0n) is 11.7. The van der Waals surface area contributed by atoms with Crippen LogP contribution in [0, 0.1) is 5.92 Å². The molecule has 1 atom stereocenters. The van der Waals surface area contributed by atoms with Gasteiger partial charge in [0.15, 0.2) is 0 Å². The molecule has 0 spiro atoms. The predicted octanol–water partition coefficient (Wildman–Crippen LogP) is 0.915. The number of nitrogens with zero attached hydrogens (tertiary/aromatic N) is 1. The Kier molecular flexibility index (Phi) is 7.70. The SMILES string of the molecule is CCN1CCC(CNC(=O)[C@@H](N)CCSC)CC1. The quantitative estimate of drug-likeness (QED) is 0.724. The number of hydrogen-bond acceptors (Lipinski definition) is 4. The summed E-state index contributed by atoms with van der Waals surface area (Å²) in [6, 6.07) is -0.340. The van der Waals surface area contributed by atoms with Gasteiger partial charge in [-0.05, 0) is 56.8 Å². The molecule has 1 fully saturated rings. The van der Waals surface area contributed by atoms with Gasteiger partial charge in [-0.15, -0.1) is 0 Å². The molecule has 4 nitrogen and oxygen atoms in total. The largest absolute Gasteiger partial charge is 0.354 e. The van der Waals surface area contributed by atoms with Gasteiger partial charge in [-0.2, -0.15) is 11.8 Å². The molecule has 106 valence electrons. The number of hydrogen-bond donors (Lipinski definition) is 2. The molecule has 1 amide bonds. The van der Waals surface area contributed by atoms with Gasteiger partial charge in [-0.25, -0.2) is 0 Å². The Morgan fingerprint density at radius 3 is 2.72 bits per heavy atom. The second kappa shape index (κ2) is 8.77. The van der Waals surface area contributed by atoms with Crippen molar-refractivity contribution in [2.24, 2.45) is 11.7 Å². The van der Waals surface area contributed by atoms with E-state index in [0.29, 0.717) is 5.92 Å². The molecule has 18 heavy (non-hydrogen) atoms. The van der Waals surface area contributed by atoms with E-state index in [4.69, 9.17) is 5.73 Å². The Morgan fingerprint density at radius 2 is 2.17 bits per heavy atom. The van der Waals surface area contributed by atoms with Crippen molar-refractivity contribution >= 4 is 17.7 Å². The van der Waals surface area contributed by atoms with Crippen LogP contribution in [0.3, 0.4) is 0 Å². The average Bonchev–Trinajstić information content (AvgIpc) is 2.42. The fourth-order valence-electron chi connectivity index (χ4n) is 2.26. The van der Waals surface area contributed by atoms with Crippen molar-refractivity contribution in [1.29, 1.82) is 0 Å². The smallest absolute Gasteiger partial charge is 0.236 e. The molecule has 0 aromatic rings. The predicted molar refractivity (Wildman–Crippen MR) is 78.8 cm³/mol. The van der Waals surface area contributed by atoms with Crippen LogP contribution < -0.4 is 11.1 Å². The minimum atomic E-state index is -0.340. The van der Waals surface area contributed by atoms with Crippen molar-refractivity contribution in [2.75, 3.05) is 38.2 Å². The first-order valence-electron chi connectivity index (χ1n) is 6.92. The highest BCUT2D eigenvalue weighted by Crippen LogP contribution is 2.15. The molecule has 0 aliphatic carbocycles. The third-order valence-electron chi connectivity index (χ3n) is 3.69. The summed E-state index contributed by atoms with van der Waals surface area (Å²) in [5.41, 5.74) is 5.83. The maximum atomic E-state index is 11.8. The second-order valence-electron chi connectivity index (χ2n) is 5.01. The molecule has 0 aromatic heterocycles. The summed E-state index contributed by atoms with van der Waals surface area (Å²) < 4.78 is 0. The van der Waals surface area contributed by atoms with Crippen LogP contribution in [-0.2, 0) is 4.79 Å². The zero-order chi connectivity index (χ0) is 13.4. The van der Waals surface area contributed by atoms with Gasteiger partial charge in [0.25, 0.3) is 0 Å². The van der Waals surface area contributed by atoms with Crippen molar-refractivity contribution in [3.05, 3.63) is 0 Å². The van der Waals surface area contributed by atoms with E-state index in [9.17, 15) is 4.79 Å². The molecule has 0 unspecified atom stereocenters. The van der Waals surface area contributed by atoms with Crippen LogP contribution in [0.2, 0.25) is 0 Å². The summed E-state index contributed by atoms with van der Waals surface area (Å²) in [6.45, 7) is 6.46. The van der Waals surface area contributed by atoms with E-state index in [1.54, 1.807) is 11.8 Å². The van der Waals surface area contributed by atoms with Crippen LogP contribution in [0.15, 0.2) is 0 Å². The summed E-state index contributed by atoms with van der Waals surface area (Å²) >= 11 is 1.73. The number of likely N-dealkylation sites (tertiary alicyclic amines) is 1. The molecular weight excluding hydrogens is 246 g/mol. The summed E-state index contributed by atoms with van der Waals surface area (Å²) in [4.78, 5) is 14.2. The summed E-state index contributed by atoms with van der Waals surface area (Å²) in [5.74, 6) is 1.59. The van der Waals surface area contributed by atoms with Gasteiger partial charge in [0.1, 0.15) is 0 Å². The summed E-state index contributed by atoms with van der Waals surface area (Å²) in [7, 11) is 0. The number of nitrogens with one attached hydrogen (secondary N) is 1. The Balaban J connectivity index is 2.15. The first-order valence-corrected chi connectivity index (χ1v) is 8.31. The first kappa shape index (κ1) is 15.8. The molecule has 0 radical (unpaired) electrons. The Morgan fingerprint density at radius 1 is 1.50 bits per heavy atom. The lowest BCUT2D eigenvalue weighted by atomic mass is 9.96. The van der Waals surface area contributed by atoms with Gasteiger partial charge in [0.2, 0.25) is 5.91 Å². The average molecular weight is 273 g/mol. The van der Waals surface area contributed by atoms with E-state index in [1.165, 1.54) is 12.8 Å². The van der Waals surface area contributed by atoms with Crippen molar-refractivity contribution < 1.29 is 4.79 Å². The highest BCUT2D eigenvalue weighted by Gasteiger charge is 2.19. The fourth-order valence-corrected chi connectivity index (χ4v) is 2.75. The van der Waals surface area contributed by atoms with Gasteiger partial charge >= 0.3 is 0 Å². The molecule has 1 aliphatic rings. The normalized spacial score (nSPS) is 19.7. The molecule has 1 saturated heterocycles. The molecule has 3 N–H and O–H groups in total. The number of amides is 1. The third kappa shape index (κ3) is 5.59. The third-order valence-corrected chi connectivity index (χ3v) is 4.33. The first-order chi connectivity index (χ1) is 8.67. The van der Waals surface area contributed by atoms with E-state index < -0.39 is 0 Å². The molecule has 0 saturated carbocycles. The van der Waals surface area contributed by atoms with Crippen molar-refractivity contribution in [1.82, 2.24) is 10.2 Å². The van der Waals surface area contributed by atoms with Gasteiger partial charge in [0.05, 0.1) is 6.04 Å². The number of nitrogens with two attached hydrogens (primary N) is 1. The summed E-state index contributed by atoms with van der Waals surface area (Å²) in [6.07, 6.45) is 5.18. The van der Waals surface area contributed by atoms with E-state index in [0.717, 1.165) is 38.4 Å². The maximum absolute atomic E-state index is 11.8.